The van der Waals surface area contributed by atoms with E-state index in [4.69, 9.17) is 4.74 Å². The van der Waals surface area contributed by atoms with Crippen LogP contribution in [0.5, 0.6) is 5.75 Å². The first-order valence-electron chi connectivity index (χ1n) is 8.25. The average Bonchev–Trinajstić information content (AvgIpc) is 2.71. The van der Waals surface area contributed by atoms with Crippen LogP contribution >= 0.6 is 0 Å². The number of nitrogens with zero attached hydrogens (tertiary/aromatic N) is 2. The standard InChI is InChI=1S/C16H17N5O8S/c1-29-15-6-5-12(21(25)26)10-14(15)19-16(22)17-7-8-18-30(27,28)13-4-2-3-11(9-13)20(23)24/h2-6,9-10,18H,7-8H2,1H3,(H2,17,19,22). The van der Waals surface area contributed by atoms with Crippen molar-refractivity contribution < 1.29 is 27.8 Å². The molecule has 3 N–H and O–H groups in total. The minimum absolute atomic E-state index is 0.0568. The molecule has 0 aromatic heterocycles. The number of carbonyl (C=O) groups excluding carboxylic acids is 1. The number of amides is 2. The first-order valence-corrected chi connectivity index (χ1v) is 9.74. The van der Waals surface area contributed by atoms with Crippen molar-refractivity contribution in [1.29, 1.82) is 0 Å². The van der Waals surface area contributed by atoms with E-state index in [0.717, 1.165) is 18.2 Å². The van der Waals surface area contributed by atoms with Gasteiger partial charge in [-0.05, 0) is 12.1 Å². The number of hydrogen-bond acceptors (Lipinski definition) is 8. The second-order valence-corrected chi connectivity index (χ2v) is 7.44. The van der Waals surface area contributed by atoms with E-state index >= 15 is 0 Å². The van der Waals surface area contributed by atoms with Gasteiger partial charge in [-0.1, -0.05) is 6.07 Å². The van der Waals surface area contributed by atoms with E-state index in [9.17, 15) is 33.4 Å². The van der Waals surface area contributed by atoms with Crippen LogP contribution in [0.4, 0.5) is 21.9 Å². The molecule has 14 heteroatoms. The number of nitrogens with one attached hydrogen (secondary N) is 3. The first-order chi connectivity index (χ1) is 14.1. The lowest BCUT2D eigenvalue weighted by Gasteiger charge is -2.11. The molecule has 2 rings (SSSR count). The van der Waals surface area contributed by atoms with Crippen molar-refractivity contribution in [3.05, 3.63) is 62.7 Å². The number of hydrogen-bond donors (Lipinski definition) is 3. The number of rotatable bonds is 9. The van der Waals surface area contributed by atoms with Crippen molar-refractivity contribution in [2.75, 3.05) is 25.5 Å². The number of non-ortho nitro benzene ring substituents is 2. The summed E-state index contributed by atoms with van der Waals surface area (Å²) in [6.07, 6.45) is 0. The molecule has 160 valence electrons. The van der Waals surface area contributed by atoms with Crippen LogP contribution in [-0.4, -0.2) is 44.5 Å². The highest BCUT2D eigenvalue weighted by Gasteiger charge is 2.17. The van der Waals surface area contributed by atoms with Gasteiger partial charge in [0.15, 0.2) is 0 Å². The Balaban J connectivity index is 1.92. The van der Waals surface area contributed by atoms with E-state index in [1.54, 1.807) is 0 Å². The Hall–Kier alpha value is -3.78. The lowest BCUT2D eigenvalue weighted by molar-refractivity contribution is -0.385. The maximum absolute atomic E-state index is 12.2. The van der Waals surface area contributed by atoms with Gasteiger partial charge in [0.05, 0.1) is 27.5 Å². The highest BCUT2D eigenvalue weighted by atomic mass is 32.2. The number of nitro groups is 2. The molecule has 0 atom stereocenters. The van der Waals surface area contributed by atoms with Crippen LogP contribution in [0.3, 0.4) is 0 Å². The van der Waals surface area contributed by atoms with E-state index in [1.165, 1.54) is 31.4 Å². The molecule has 0 saturated heterocycles. The molecular weight excluding hydrogens is 422 g/mol. The smallest absolute Gasteiger partial charge is 0.319 e. The highest BCUT2D eigenvalue weighted by Crippen LogP contribution is 2.28. The topological polar surface area (TPSA) is 183 Å². The SMILES string of the molecule is COc1ccc([N+](=O)[O-])cc1NC(=O)NCCNS(=O)(=O)c1cccc([N+](=O)[O-])c1. The molecule has 2 amide bonds. The van der Waals surface area contributed by atoms with Gasteiger partial charge in [0, 0.05) is 37.4 Å². The number of anilines is 1. The molecular formula is C16H17N5O8S. The van der Waals surface area contributed by atoms with Gasteiger partial charge in [-0.3, -0.25) is 20.2 Å². The van der Waals surface area contributed by atoms with E-state index in [2.05, 4.69) is 15.4 Å². The second-order valence-electron chi connectivity index (χ2n) is 5.67. The van der Waals surface area contributed by atoms with E-state index in [1.807, 2.05) is 0 Å². The zero-order valence-corrected chi connectivity index (χ0v) is 16.3. The van der Waals surface area contributed by atoms with Gasteiger partial charge >= 0.3 is 6.03 Å². The fraction of sp³-hybridized carbons (Fsp3) is 0.188. The Morgan fingerprint density at radius 1 is 1.03 bits per heavy atom. The fourth-order valence-corrected chi connectivity index (χ4v) is 3.35. The summed E-state index contributed by atoms with van der Waals surface area (Å²) < 4.78 is 31.6. The Morgan fingerprint density at radius 3 is 2.33 bits per heavy atom. The Labute approximate surface area is 170 Å². The molecule has 2 aromatic carbocycles. The van der Waals surface area contributed by atoms with Crippen LogP contribution in [0.15, 0.2) is 47.4 Å². The lowest BCUT2D eigenvalue weighted by Crippen LogP contribution is -2.36. The predicted molar refractivity (Wildman–Crippen MR) is 105 cm³/mol. The van der Waals surface area contributed by atoms with Crippen molar-refractivity contribution in [2.45, 2.75) is 4.90 Å². The summed E-state index contributed by atoms with van der Waals surface area (Å²) in [4.78, 5) is 31.9. The largest absolute Gasteiger partial charge is 0.495 e. The van der Waals surface area contributed by atoms with E-state index < -0.39 is 25.9 Å². The van der Waals surface area contributed by atoms with Crippen LogP contribution in [-0.2, 0) is 10.0 Å². The Morgan fingerprint density at radius 2 is 1.70 bits per heavy atom. The van der Waals surface area contributed by atoms with Crippen molar-refractivity contribution in [2.24, 2.45) is 0 Å². The quantitative estimate of drug-likeness (QED) is 0.299. The Bertz CT molecular complexity index is 1070. The van der Waals surface area contributed by atoms with Gasteiger partial charge in [0.1, 0.15) is 5.75 Å². The minimum atomic E-state index is -4.02. The molecule has 0 heterocycles. The summed E-state index contributed by atoms with van der Waals surface area (Å²) >= 11 is 0. The molecule has 13 nitrogen and oxygen atoms in total. The average molecular weight is 439 g/mol. The molecule has 0 fully saturated rings. The van der Waals surface area contributed by atoms with Gasteiger partial charge < -0.3 is 15.4 Å². The third-order valence-corrected chi connectivity index (χ3v) is 5.14. The molecule has 0 saturated carbocycles. The molecule has 0 aliphatic carbocycles. The van der Waals surface area contributed by atoms with Gasteiger partial charge in [-0.25, -0.2) is 17.9 Å². The molecule has 0 bridgehead atoms. The van der Waals surface area contributed by atoms with Crippen molar-refractivity contribution in [3.63, 3.8) is 0 Å². The number of ether oxygens (including phenoxy) is 1. The number of carbonyl (C=O) groups is 1. The molecule has 0 radical (unpaired) electrons. The fourth-order valence-electron chi connectivity index (χ4n) is 2.28. The van der Waals surface area contributed by atoms with E-state index in [-0.39, 0.29) is 40.8 Å². The maximum Gasteiger partial charge on any atom is 0.319 e. The predicted octanol–water partition coefficient (Wildman–Crippen LogP) is 1.61. The summed E-state index contributed by atoms with van der Waals surface area (Å²) in [5, 5.41) is 26.4. The number of benzene rings is 2. The van der Waals surface area contributed by atoms with Crippen molar-refractivity contribution in [3.8, 4) is 5.75 Å². The zero-order valence-electron chi connectivity index (χ0n) is 15.5. The number of methoxy groups -OCH3 is 1. The van der Waals surface area contributed by atoms with Gasteiger partial charge in [-0.2, -0.15) is 0 Å². The minimum Gasteiger partial charge on any atom is -0.495 e. The summed E-state index contributed by atoms with van der Waals surface area (Å²) in [6, 6.07) is 7.41. The third-order valence-electron chi connectivity index (χ3n) is 3.68. The molecule has 0 aliphatic heterocycles. The molecule has 0 spiro atoms. The lowest BCUT2D eigenvalue weighted by atomic mass is 10.2. The van der Waals surface area contributed by atoms with Gasteiger partial charge in [0.25, 0.3) is 11.4 Å². The number of nitro benzene ring substituents is 2. The summed E-state index contributed by atoms with van der Waals surface area (Å²) in [7, 11) is -2.69. The molecule has 0 aliphatic rings. The normalized spacial score (nSPS) is 10.8. The van der Waals surface area contributed by atoms with Crippen LogP contribution < -0.4 is 20.1 Å². The van der Waals surface area contributed by atoms with Crippen molar-refractivity contribution >= 4 is 33.1 Å². The first kappa shape index (κ1) is 22.5. The molecule has 0 unspecified atom stereocenters. The number of urea groups is 1. The monoisotopic (exact) mass is 439 g/mol. The van der Waals surface area contributed by atoms with Gasteiger partial charge in [0.2, 0.25) is 10.0 Å². The maximum atomic E-state index is 12.2. The zero-order chi connectivity index (χ0) is 22.3. The Kier molecular flexibility index (Phi) is 7.22. The summed E-state index contributed by atoms with van der Waals surface area (Å²) in [5.74, 6) is 0.196. The van der Waals surface area contributed by atoms with Crippen LogP contribution in [0, 0.1) is 20.2 Å². The van der Waals surface area contributed by atoms with Crippen LogP contribution in [0.2, 0.25) is 0 Å². The highest BCUT2D eigenvalue weighted by molar-refractivity contribution is 7.89. The molecule has 30 heavy (non-hydrogen) atoms. The van der Waals surface area contributed by atoms with Crippen LogP contribution in [0.1, 0.15) is 0 Å². The third kappa shape index (κ3) is 5.86. The summed E-state index contributed by atoms with van der Waals surface area (Å²) in [6.45, 7) is -0.332. The van der Waals surface area contributed by atoms with Gasteiger partial charge in [-0.15, -0.1) is 0 Å². The summed E-state index contributed by atoms with van der Waals surface area (Å²) in [5.41, 5.74) is -0.571. The van der Waals surface area contributed by atoms with Crippen molar-refractivity contribution in [1.82, 2.24) is 10.0 Å². The second kappa shape index (κ2) is 9.62. The molecule has 2 aromatic rings. The number of sulfonamides is 1. The van der Waals surface area contributed by atoms with E-state index in [0.29, 0.717) is 0 Å². The van der Waals surface area contributed by atoms with Crippen LogP contribution in [0.25, 0.3) is 0 Å².